The Hall–Kier alpha value is -3.56. The lowest BCUT2D eigenvalue weighted by atomic mass is 10.1. The van der Waals surface area contributed by atoms with Crippen LogP contribution in [0.1, 0.15) is 24.4 Å². The van der Waals surface area contributed by atoms with Crippen LogP contribution in [0.3, 0.4) is 0 Å². The minimum atomic E-state index is -6.04. The highest BCUT2D eigenvalue weighted by atomic mass is 32.2. The summed E-state index contributed by atoms with van der Waals surface area (Å²) < 4.78 is 80.5. The molecule has 1 atom stereocenters. The molecular formula is C16H12F4N6O5S. The summed E-state index contributed by atoms with van der Waals surface area (Å²) in [6.07, 6.45) is 3.71. The molecule has 32 heavy (non-hydrogen) atoms. The molecule has 16 heteroatoms. The van der Waals surface area contributed by atoms with E-state index in [0.717, 1.165) is 12.3 Å². The van der Waals surface area contributed by atoms with Crippen molar-refractivity contribution in [2.45, 2.75) is 24.4 Å². The average molecular weight is 476 g/mol. The minimum absolute atomic E-state index is 0.0772. The average Bonchev–Trinajstić information content (AvgIpc) is 3.34. The fraction of sp³-hybridized carbons (Fsp3) is 0.312. The summed E-state index contributed by atoms with van der Waals surface area (Å²) in [6, 6.07) is 1.44. The maximum atomic E-state index is 13.9. The zero-order chi connectivity index (χ0) is 23.3. The molecule has 4 heterocycles. The summed E-state index contributed by atoms with van der Waals surface area (Å²) in [5.41, 5.74) is -6.38. The molecule has 3 aromatic heterocycles. The number of fused-ring (bicyclic) bond motifs is 1. The normalized spacial score (nSPS) is 17.1. The van der Waals surface area contributed by atoms with Crippen LogP contribution in [0.2, 0.25) is 0 Å². The number of nitro groups is 1. The van der Waals surface area contributed by atoms with Crippen LogP contribution in [0.15, 0.2) is 30.7 Å². The summed E-state index contributed by atoms with van der Waals surface area (Å²) in [4.78, 5) is 19.7. The molecule has 0 bridgehead atoms. The summed E-state index contributed by atoms with van der Waals surface area (Å²) in [5.74, 6) is -1.65. The molecule has 0 saturated carbocycles. The van der Waals surface area contributed by atoms with Gasteiger partial charge in [-0.15, -0.1) is 0 Å². The second kappa shape index (κ2) is 7.54. The fourth-order valence-corrected chi connectivity index (χ4v) is 3.84. The van der Waals surface area contributed by atoms with Gasteiger partial charge in [0.25, 0.3) is 0 Å². The van der Waals surface area contributed by atoms with Crippen molar-refractivity contribution in [1.29, 1.82) is 0 Å². The van der Waals surface area contributed by atoms with E-state index in [-0.39, 0.29) is 29.1 Å². The van der Waals surface area contributed by atoms with E-state index in [1.165, 1.54) is 16.8 Å². The lowest BCUT2D eigenvalue weighted by Crippen LogP contribution is -2.30. The zero-order valence-corrected chi connectivity index (χ0v) is 16.5. The maximum absolute atomic E-state index is 13.9. The van der Waals surface area contributed by atoms with E-state index < -0.39 is 38.3 Å². The van der Waals surface area contributed by atoms with Crippen molar-refractivity contribution in [2.24, 2.45) is 0 Å². The van der Waals surface area contributed by atoms with E-state index in [0.29, 0.717) is 19.2 Å². The monoisotopic (exact) mass is 476 g/mol. The van der Waals surface area contributed by atoms with Crippen molar-refractivity contribution in [2.75, 3.05) is 11.4 Å². The zero-order valence-electron chi connectivity index (χ0n) is 15.7. The van der Waals surface area contributed by atoms with Gasteiger partial charge in [-0.05, 0) is 25.0 Å². The Balaban J connectivity index is 1.76. The third-order valence-electron chi connectivity index (χ3n) is 4.76. The first-order valence-corrected chi connectivity index (χ1v) is 10.3. The lowest BCUT2D eigenvalue weighted by Gasteiger charge is -2.27. The first-order valence-electron chi connectivity index (χ1n) is 8.89. The van der Waals surface area contributed by atoms with Crippen LogP contribution in [0, 0.1) is 15.9 Å². The summed E-state index contributed by atoms with van der Waals surface area (Å²) in [5, 5.41) is 15.0. The molecule has 1 unspecified atom stereocenters. The number of hydrogen-bond donors (Lipinski definition) is 0. The first kappa shape index (κ1) is 21.7. The van der Waals surface area contributed by atoms with Gasteiger partial charge in [-0.2, -0.15) is 26.7 Å². The van der Waals surface area contributed by atoms with Gasteiger partial charge in [0.1, 0.15) is 17.8 Å². The van der Waals surface area contributed by atoms with Crippen LogP contribution in [0.4, 0.5) is 29.1 Å². The predicted molar refractivity (Wildman–Crippen MR) is 98.8 cm³/mol. The number of alkyl halides is 3. The number of nitrogens with zero attached hydrogens (tertiary/aromatic N) is 6. The van der Waals surface area contributed by atoms with Gasteiger partial charge in [0, 0.05) is 18.3 Å². The van der Waals surface area contributed by atoms with E-state index in [4.69, 9.17) is 0 Å². The molecule has 1 aliphatic rings. The van der Waals surface area contributed by atoms with Gasteiger partial charge in [0.2, 0.25) is 11.5 Å². The van der Waals surface area contributed by atoms with Gasteiger partial charge in [0.05, 0.1) is 17.2 Å². The highest BCUT2D eigenvalue weighted by Crippen LogP contribution is 2.40. The second-order valence-corrected chi connectivity index (χ2v) is 8.26. The minimum Gasteiger partial charge on any atom is -0.355 e. The van der Waals surface area contributed by atoms with E-state index in [1.807, 2.05) is 0 Å². The van der Waals surface area contributed by atoms with E-state index in [2.05, 4.69) is 19.2 Å². The first-order chi connectivity index (χ1) is 15.0. The largest absolute Gasteiger partial charge is 0.534 e. The topological polar surface area (TPSA) is 133 Å². The molecule has 1 saturated heterocycles. The summed E-state index contributed by atoms with van der Waals surface area (Å²) in [6.45, 7) is 0.303. The molecule has 3 aromatic rings. The van der Waals surface area contributed by atoms with Crippen LogP contribution in [-0.2, 0) is 10.1 Å². The van der Waals surface area contributed by atoms with Crippen molar-refractivity contribution in [1.82, 2.24) is 19.6 Å². The number of halogens is 4. The van der Waals surface area contributed by atoms with Crippen LogP contribution in [0.5, 0.6) is 5.88 Å². The number of aromatic nitrogens is 4. The van der Waals surface area contributed by atoms with Gasteiger partial charge in [0.15, 0.2) is 0 Å². The van der Waals surface area contributed by atoms with Crippen LogP contribution >= 0.6 is 0 Å². The molecule has 0 aliphatic carbocycles. The molecule has 1 aliphatic heterocycles. The number of anilines is 1. The standard InChI is InChI=1S/C16H12F4N6O5S/c17-9-6-10(15(21-7-9)31-32(29,30)16(18,19)20)11-2-1-4-24(11)13-3-5-25-14(23-13)12(8-22-25)26(27)28/h3,5-8,11H,1-2,4H2. The SMILES string of the molecule is O=[N+]([O-])c1cnn2ccc(N3CCCC3c3cc(F)cnc3OS(=O)(=O)C(F)(F)F)nc12. The van der Waals surface area contributed by atoms with Gasteiger partial charge < -0.3 is 9.08 Å². The number of hydrogen-bond acceptors (Lipinski definition) is 9. The molecular weight excluding hydrogens is 464 g/mol. The van der Waals surface area contributed by atoms with Crippen LogP contribution in [-0.4, -0.2) is 45.0 Å². The molecule has 4 rings (SSSR count). The Labute approximate surface area is 176 Å². The third-order valence-corrected chi connectivity index (χ3v) is 5.70. The summed E-state index contributed by atoms with van der Waals surface area (Å²) in [7, 11) is -6.04. The molecule has 1 fully saturated rings. The van der Waals surface area contributed by atoms with Crippen molar-refractivity contribution in [3.8, 4) is 5.88 Å². The quantitative estimate of drug-likeness (QED) is 0.179. The number of pyridine rings is 1. The second-order valence-electron chi connectivity index (χ2n) is 6.72. The smallest absolute Gasteiger partial charge is 0.355 e. The van der Waals surface area contributed by atoms with Gasteiger partial charge in [-0.25, -0.2) is 18.9 Å². The van der Waals surface area contributed by atoms with E-state index >= 15 is 0 Å². The van der Waals surface area contributed by atoms with E-state index in [9.17, 15) is 36.1 Å². The van der Waals surface area contributed by atoms with Crippen molar-refractivity contribution in [3.63, 3.8) is 0 Å². The molecule has 0 spiro atoms. The van der Waals surface area contributed by atoms with Crippen molar-refractivity contribution in [3.05, 3.63) is 52.2 Å². The van der Waals surface area contributed by atoms with Gasteiger partial charge in [-0.3, -0.25) is 10.1 Å². The molecule has 170 valence electrons. The summed E-state index contributed by atoms with van der Waals surface area (Å²) >= 11 is 0. The Morgan fingerprint density at radius 1 is 1.28 bits per heavy atom. The van der Waals surface area contributed by atoms with Crippen molar-refractivity contribution < 1.29 is 35.1 Å². The Morgan fingerprint density at radius 2 is 2.03 bits per heavy atom. The Morgan fingerprint density at radius 3 is 2.72 bits per heavy atom. The maximum Gasteiger partial charge on any atom is 0.534 e. The Kier molecular flexibility index (Phi) is 5.10. The van der Waals surface area contributed by atoms with Crippen molar-refractivity contribution >= 4 is 27.3 Å². The van der Waals surface area contributed by atoms with E-state index in [1.54, 1.807) is 4.90 Å². The predicted octanol–water partition coefficient (Wildman–Crippen LogP) is 2.74. The molecule has 0 aromatic carbocycles. The van der Waals surface area contributed by atoms with Gasteiger partial charge in [-0.1, -0.05) is 0 Å². The lowest BCUT2D eigenvalue weighted by molar-refractivity contribution is -0.383. The Bertz CT molecular complexity index is 1310. The van der Waals surface area contributed by atoms with Gasteiger partial charge >= 0.3 is 21.3 Å². The molecule has 0 N–H and O–H groups in total. The van der Waals surface area contributed by atoms with Crippen LogP contribution < -0.4 is 9.08 Å². The third kappa shape index (κ3) is 3.76. The molecule has 11 nitrogen and oxygen atoms in total. The molecule has 0 radical (unpaired) electrons. The molecule has 0 amide bonds. The fourth-order valence-electron chi connectivity index (χ4n) is 3.40. The highest BCUT2D eigenvalue weighted by molar-refractivity contribution is 7.87. The van der Waals surface area contributed by atoms with Crippen LogP contribution in [0.25, 0.3) is 5.65 Å². The number of rotatable bonds is 5. The highest BCUT2D eigenvalue weighted by Gasteiger charge is 2.49.